The fourth-order valence-electron chi connectivity index (χ4n) is 3.64. The minimum absolute atomic E-state index is 0.100. The van der Waals surface area contributed by atoms with Crippen LogP contribution < -0.4 is 0 Å². The second kappa shape index (κ2) is 2.29. The van der Waals surface area contributed by atoms with Gasteiger partial charge in [-0.05, 0) is 31.1 Å². The van der Waals surface area contributed by atoms with Crippen molar-refractivity contribution in [1.82, 2.24) is 0 Å². The smallest absolute Gasteiger partial charge is 0.114 e. The second-order valence-corrected chi connectivity index (χ2v) is 5.30. The molecule has 3 rings (SSSR count). The Morgan fingerprint density at radius 3 is 2.85 bits per heavy atom. The summed E-state index contributed by atoms with van der Waals surface area (Å²) in [5.41, 5.74) is 0.484. The fourth-order valence-corrected chi connectivity index (χ4v) is 3.64. The van der Waals surface area contributed by atoms with Crippen LogP contribution in [0.4, 0.5) is 0 Å². The molecule has 74 valence electrons. The number of epoxide rings is 1. The number of ether oxygens (including phenoxy) is 1. The Morgan fingerprint density at radius 1 is 1.23 bits per heavy atom. The Labute approximate surface area is 79.3 Å². The molecule has 1 saturated heterocycles. The lowest BCUT2D eigenvalue weighted by Gasteiger charge is -2.43. The fraction of sp³-hybridized carbons (Fsp3) is 1.00. The van der Waals surface area contributed by atoms with Crippen LogP contribution >= 0.6 is 0 Å². The molecule has 0 amide bonds. The van der Waals surface area contributed by atoms with Crippen LogP contribution in [0.1, 0.15) is 45.4 Å². The third-order valence-electron chi connectivity index (χ3n) is 4.63. The zero-order valence-corrected chi connectivity index (χ0v) is 8.25. The van der Waals surface area contributed by atoms with Gasteiger partial charge in [-0.3, -0.25) is 0 Å². The lowest BCUT2D eigenvalue weighted by atomic mass is 9.59. The quantitative estimate of drug-likeness (QED) is 0.580. The van der Waals surface area contributed by atoms with E-state index in [-0.39, 0.29) is 17.8 Å². The maximum absolute atomic E-state index is 9.74. The molecule has 0 aromatic heterocycles. The van der Waals surface area contributed by atoms with Crippen LogP contribution in [-0.2, 0) is 4.74 Å². The van der Waals surface area contributed by atoms with Gasteiger partial charge < -0.3 is 9.84 Å². The van der Waals surface area contributed by atoms with E-state index in [4.69, 9.17) is 4.74 Å². The van der Waals surface area contributed by atoms with Gasteiger partial charge in [-0.1, -0.05) is 19.8 Å². The van der Waals surface area contributed by atoms with E-state index < -0.39 is 0 Å². The zero-order chi connectivity index (χ0) is 9.10. The Kier molecular flexibility index (Phi) is 1.45. The average Bonchev–Trinajstić information content (AvgIpc) is 2.84. The molecule has 0 aromatic carbocycles. The van der Waals surface area contributed by atoms with E-state index in [1.807, 2.05) is 0 Å². The van der Waals surface area contributed by atoms with Gasteiger partial charge in [-0.25, -0.2) is 0 Å². The highest BCUT2D eigenvalue weighted by atomic mass is 16.6. The highest BCUT2D eigenvalue weighted by molar-refractivity contribution is 5.19. The first-order valence-corrected chi connectivity index (χ1v) is 5.54. The van der Waals surface area contributed by atoms with Crippen LogP contribution in [0.5, 0.6) is 0 Å². The van der Waals surface area contributed by atoms with E-state index in [1.54, 1.807) is 0 Å². The molecule has 1 aliphatic heterocycles. The summed E-state index contributed by atoms with van der Waals surface area (Å²) in [4.78, 5) is 0. The summed E-state index contributed by atoms with van der Waals surface area (Å²) < 4.78 is 5.83. The van der Waals surface area contributed by atoms with Crippen LogP contribution in [0.25, 0.3) is 0 Å². The van der Waals surface area contributed by atoms with Crippen molar-refractivity contribution in [3.05, 3.63) is 0 Å². The van der Waals surface area contributed by atoms with Gasteiger partial charge in [-0.15, -0.1) is 0 Å². The third kappa shape index (κ3) is 0.861. The Hall–Kier alpha value is -0.0800. The predicted molar refractivity (Wildman–Crippen MR) is 49.4 cm³/mol. The highest BCUT2D eigenvalue weighted by Gasteiger charge is 2.71. The number of hydrogen-bond acceptors (Lipinski definition) is 2. The first kappa shape index (κ1) is 8.25. The first-order valence-electron chi connectivity index (χ1n) is 5.54. The third-order valence-corrected chi connectivity index (χ3v) is 4.63. The summed E-state index contributed by atoms with van der Waals surface area (Å²) >= 11 is 0. The molecule has 13 heavy (non-hydrogen) atoms. The molecule has 0 bridgehead atoms. The summed E-state index contributed by atoms with van der Waals surface area (Å²) in [7, 11) is 0. The van der Waals surface area contributed by atoms with Crippen molar-refractivity contribution >= 4 is 0 Å². The van der Waals surface area contributed by atoms with Crippen molar-refractivity contribution in [2.24, 2.45) is 5.41 Å². The molecule has 2 aliphatic carbocycles. The molecule has 1 N–H and O–H groups in total. The molecule has 1 heterocycles. The van der Waals surface area contributed by atoms with Gasteiger partial charge in [0.2, 0.25) is 0 Å². The van der Waals surface area contributed by atoms with Crippen molar-refractivity contribution < 1.29 is 9.84 Å². The molecule has 2 nitrogen and oxygen atoms in total. The maximum Gasteiger partial charge on any atom is 0.114 e. The van der Waals surface area contributed by atoms with Crippen LogP contribution in [0, 0.1) is 5.41 Å². The van der Waals surface area contributed by atoms with Crippen molar-refractivity contribution in [3.8, 4) is 0 Å². The highest BCUT2D eigenvalue weighted by Crippen LogP contribution is 2.64. The van der Waals surface area contributed by atoms with Gasteiger partial charge >= 0.3 is 0 Å². The predicted octanol–water partition coefficient (Wildman–Crippen LogP) is 1.86. The van der Waals surface area contributed by atoms with Gasteiger partial charge in [0.25, 0.3) is 0 Å². The number of rotatable bonds is 0. The zero-order valence-electron chi connectivity index (χ0n) is 8.25. The van der Waals surface area contributed by atoms with Gasteiger partial charge in [0, 0.05) is 0 Å². The second-order valence-electron chi connectivity index (χ2n) is 5.30. The summed E-state index contributed by atoms with van der Waals surface area (Å²) in [6.45, 7) is 2.36. The topological polar surface area (TPSA) is 32.8 Å². The normalized spacial score (nSPS) is 59.5. The van der Waals surface area contributed by atoms with Crippen molar-refractivity contribution in [3.63, 3.8) is 0 Å². The summed E-state index contributed by atoms with van der Waals surface area (Å²) in [5.74, 6) is 0. The summed E-state index contributed by atoms with van der Waals surface area (Å²) in [6, 6.07) is 0. The van der Waals surface area contributed by atoms with E-state index >= 15 is 0 Å². The van der Waals surface area contributed by atoms with Gasteiger partial charge in [0.05, 0.1) is 6.10 Å². The van der Waals surface area contributed by atoms with E-state index in [1.165, 1.54) is 25.7 Å². The minimum Gasteiger partial charge on any atom is -0.390 e. The number of aliphatic hydroxyl groups is 1. The molecule has 1 spiro atoms. The summed E-state index contributed by atoms with van der Waals surface area (Å²) in [6.07, 6.45) is 7.25. The van der Waals surface area contributed by atoms with Gasteiger partial charge in [0.1, 0.15) is 11.7 Å². The number of aliphatic hydroxyl groups excluding tert-OH is 1. The van der Waals surface area contributed by atoms with Crippen LogP contribution in [0.2, 0.25) is 0 Å². The lowest BCUT2D eigenvalue weighted by molar-refractivity contribution is 0.0304. The largest absolute Gasteiger partial charge is 0.390 e. The molecule has 2 saturated carbocycles. The molecule has 0 radical (unpaired) electrons. The minimum atomic E-state index is -0.175. The van der Waals surface area contributed by atoms with E-state index in [0.717, 1.165) is 12.8 Å². The van der Waals surface area contributed by atoms with Crippen molar-refractivity contribution in [2.75, 3.05) is 0 Å². The van der Waals surface area contributed by atoms with Gasteiger partial charge in [-0.2, -0.15) is 0 Å². The summed E-state index contributed by atoms with van der Waals surface area (Å²) in [5, 5.41) is 9.74. The molecule has 4 atom stereocenters. The van der Waals surface area contributed by atoms with Crippen molar-refractivity contribution in [2.45, 2.75) is 63.3 Å². The van der Waals surface area contributed by atoms with E-state index in [2.05, 4.69) is 6.92 Å². The van der Waals surface area contributed by atoms with Crippen LogP contribution in [-0.4, -0.2) is 22.9 Å². The van der Waals surface area contributed by atoms with Crippen molar-refractivity contribution in [1.29, 1.82) is 0 Å². The molecular weight excluding hydrogens is 164 g/mol. The lowest BCUT2D eigenvalue weighted by Crippen LogP contribution is -2.47. The average molecular weight is 182 g/mol. The standard InChI is InChI=1S/C11H18O2/c1-10-5-2-3-6-11(10)9(13-11)8(12)4-7-10/h8-9,12H,2-7H2,1H3/t8-,9+,10-,11+/m0/s1. The Balaban J connectivity index is 1.92. The first-order chi connectivity index (χ1) is 6.18. The van der Waals surface area contributed by atoms with E-state index in [0.29, 0.717) is 5.41 Å². The molecule has 3 aliphatic rings. The SMILES string of the molecule is C[C@@]12CCCC[C@]13O[C@@H]3[C@@H](O)CC2. The maximum atomic E-state index is 9.74. The molecule has 0 unspecified atom stereocenters. The van der Waals surface area contributed by atoms with E-state index in [9.17, 15) is 5.11 Å². The molecule has 3 fully saturated rings. The number of hydrogen-bond donors (Lipinski definition) is 1. The molecular formula is C11H18O2. The van der Waals surface area contributed by atoms with Crippen LogP contribution in [0.15, 0.2) is 0 Å². The Bertz CT molecular complexity index is 240. The van der Waals surface area contributed by atoms with Gasteiger partial charge in [0.15, 0.2) is 0 Å². The molecule has 2 heteroatoms. The molecule has 0 aromatic rings. The monoisotopic (exact) mass is 182 g/mol. The van der Waals surface area contributed by atoms with Crippen LogP contribution in [0.3, 0.4) is 0 Å². The Morgan fingerprint density at radius 2 is 2.00 bits per heavy atom.